The van der Waals surface area contributed by atoms with Gasteiger partial charge in [0.1, 0.15) is 0 Å². The van der Waals surface area contributed by atoms with Gasteiger partial charge < -0.3 is 11.1 Å². The molecule has 3 heteroatoms. The van der Waals surface area contributed by atoms with Gasteiger partial charge in [-0.15, -0.1) is 0 Å². The number of benzene rings is 2. The SMILES string of the molecule is Nc1cccc(Cl)c1Nc1ccccc1. The van der Waals surface area contributed by atoms with Crippen LogP contribution in [0, 0.1) is 0 Å². The van der Waals surface area contributed by atoms with Crippen molar-refractivity contribution in [2.24, 2.45) is 0 Å². The highest BCUT2D eigenvalue weighted by Crippen LogP contribution is 2.30. The fourth-order valence-electron chi connectivity index (χ4n) is 1.34. The second-order valence-corrected chi connectivity index (χ2v) is 3.60. The molecular formula is C12H11ClN2. The van der Waals surface area contributed by atoms with Crippen LogP contribution in [0.4, 0.5) is 17.1 Å². The van der Waals surface area contributed by atoms with E-state index in [1.807, 2.05) is 48.5 Å². The molecule has 0 heterocycles. The van der Waals surface area contributed by atoms with Crippen LogP contribution >= 0.6 is 11.6 Å². The monoisotopic (exact) mass is 218 g/mol. The Balaban J connectivity index is 2.32. The summed E-state index contributed by atoms with van der Waals surface area (Å²) in [7, 11) is 0. The van der Waals surface area contributed by atoms with Gasteiger partial charge in [-0.3, -0.25) is 0 Å². The first kappa shape index (κ1) is 9.87. The van der Waals surface area contributed by atoms with Gasteiger partial charge in [0.25, 0.3) is 0 Å². The van der Waals surface area contributed by atoms with E-state index in [0.29, 0.717) is 10.7 Å². The Kier molecular flexibility index (Phi) is 2.79. The van der Waals surface area contributed by atoms with E-state index < -0.39 is 0 Å². The second-order valence-electron chi connectivity index (χ2n) is 3.20. The number of hydrogen-bond donors (Lipinski definition) is 2. The Bertz CT molecular complexity index is 434. The molecule has 0 aliphatic heterocycles. The highest BCUT2D eigenvalue weighted by atomic mass is 35.5. The van der Waals surface area contributed by atoms with Crippen LogP contribution in [-0.2, 0) is 0 Å². The van der Waals surface area contributed by atoms with Crippen LogP contribution in [0.2, 0.25) is 5.02 Å². The molecule has 0 aliphatic rings. The van der Waals surface area contributed by atoms with E-state index >= 15 is 0 Å². The lowest BCUT2D eigenvalue weighted by atomic mass is 10.2. The smallest absolute Gasteiger partial charge is 0.0807 e. The van der Waals surface area contributed by atoms with Gasteiger partial charge in [-0.05, 0) is 24.3 Å². The number of nitrogen functional groups attached to an aromatic ring is 1. The summed E-state index contributed by atoms with van der Waals surface area (Å²) in [6.07, 6.45) is 0. The number of para-hydroxylation sites is 2. The molecule has 2 aromatic rings. The number of halogens is 1. The number of anilines is 3. The largest absolute Gasteiger partial charge is 0.397 e. The first-order valence-electron chi connectivity index (χ1n) is 4.63. The van der Waals surface area contributed by atoms with Gasteiger partial charge in [0.05, 0.1) is 16.4 Å². The van der Waals surface area contributed by atoms with Crippen LogP contribution in [-0.4, -0.2) is 0 Å². The molecule has 2 rings (SSSR count). The van der Waals surface area contributed by atoms with Crippen LogP contribution in [0.1, 0.15) is 0 Å². The van der Waals surface area contributed by atoms with Crippen molar-refractivity contribution in [3.8, 4) is 0 Å². The second kappa shape index (κ2) is 4.24. The van der Waals surface area contributed by atoms with Crippen LogP contribution in [0.25, 0.3) is 0 Å². The van der Waals surface area contributed by atoms with Crippen molar-refractivity contribution in [3.05, 3.63) is 53.6 Å². The van der Waals surface area contributed by atoms with Crippen LogP contribution < -0.4 is 11.1 Å². The molecule has 0 fully saturated rings. The average Bonchev–Trinajstić information content (AvgIpc) is 2.25. The highest BCUT2D eigenvalue weighted by molar-refractivity contribution is 6.34. The normalized spacial score (nSPS) is 9.93. The standard InChI is InChI=1S/C12H11ClN2/c13-10-7-4-8-11(14)12(10)15-9-5-2-1-3-6-9/h1-8,15H,14H2. The third kappa shape index (κ3) is 2.22. The van der Waals surface area contributed by atoms with E-state index in [1.165, 1.54) is 0 Å². The van der Waals surface area contributed by atoms with Crippen molar-refractivity contribution in [1.29, 1.82) is 0 Å². The summed E-state index contributed by atoms with van der Waals surface area (Å²) in [6, 6.07) is 15.2. The number of nitrogens with two attached hydrogens (primary N) is 1. The quantitative estimate of drug-likeness (QED) is 0.755. The van der Waals surface area contributed by atoms with Crippen molar-refractivity contribution < 1.29 is 0 Å². The molecule has 76 valence electrons. The van der Waals surface area contributed by atoms with E-state index in [9.17, 15) is 0 Å². The van der Waals surface area contributed by atoms with Gasteiger partial charge in [-0.1, -0.05) is 35.9 Å². The molecule has 0 saturated heterocycles. The molecule has 2 nitrogen and oxygen atoms in total. The van der Waals surface area contributed by atoms with Gasteiger partial charge in [0, 0.05) is 5.69 Å². The average molecular weight is 219 g/mol. The van der Waals surface area contributed by atoms with Crippen molar-refractivity contribution in [1.82, 2.24) is 0 Å². The molecule has 0 radical (unpaired) electrons. The molecule has 0 spiro atoms. The molecule has 2 aromatic carbocycles. The van der Waals surface area contributed by atoms with Crippen LogP contribution in [0.3, 0.4) is 0 Å². The van der Waals surface area contributed by atoms with Crippen molar-refractivity contribution in [2.45, 2.75) is 0 Å². The van der Waals surface area contributed by atoms with Crippen molar-refractivity contribution in [2.75, 3.05) is 11.1 Å². The maximum atomic E-state index is 6.04. The Morgan fingerprint density at radius 1 is 0.933 bits per heavy atom. The number of rotatable bonds is 2. The van der Waals surface area contributed by atoms with Crippen LogP contribution in [0.15, 0.2) is 48.5 Å². The van der Waals surface area contributed by atoms with E-state index in [0.717, 1.165) is 11.4 Å². The summed E-state index contributed by atoms with van der Waals surface area (Å²) in [6.45, 7) is 0. The van der Waals surface area contributed by atoms with Gasteiger partial charge in [0.15, 0.2) is 0 Å². The van der Waals surface area contributed by atoms with E-state index in [1.54, 1.807) is 0 Å². The molecular weight excluding hydrogens is 208 g/mol. The number of hydrogen-bond acceptors (Lipinski definition) is 2. The fraction of sp³-hybridized carbons (Fsp3) is 0. The fourth-order valence-corrected chi connectivity index (χ4v) is 1.57. The molecule has 0 bridgehead atoms. The molecule has 0 aliphatic carbocycles. The molecule has 0 aromatic heterocycles. The van der Waals surface area contributed by atoms with E-state index in [4.69, 9.17) is 17.3 Å². The lowest BCUT2D eigenvalue weighted by molar-refractivity contribution is 1.55. The van der Waals surface area contributed by atoms with Gasteiger partial charge >= 0.3 is 0 Å². The van der Waals surface area contributed by atoms with Gasteiger partial charge in [0.2, 0.25) is 0 Å². The minimum atomic E-state index is 0.624. The zero-order chi connectivity index (χ0) is 10.7. The maximum Gasteiger partial charge on any atom is 0.0807 e. The minimum absolute atomic E-state index is 0.624. The van der Waals surface area contributed by atoms with Gasteiger partial charge in [-0.25, -0.2) is 0 Å². The molecule has 3 N–H and O–H groups in total. The van der Waals surface area contributed by atoms with E-state index in [-0.39, 0.29) is 0 Å². The predicted octanol–water partition coefficient (Wildman–Crippen LogP) is 3.67. The van der Waals surface area contributed by atoms with Gasteiger partial charge in [-0.2, -0.15) is 0 Å². The zero-order valence-electron chi connectivity index (χ0n) is 8.07. The van der Waals surface area contributed by atoms with E-state index in [2.05, 4.69) is 5.32 Å². The Morgan fingerprint density at radius 2 is 1.67 bits per heavy atom. The number of nitrogens with one attached hydrogen (secondary N) is 1. The lowest BCUT2D eigenvalue weighted by Crippen LogP contribution is -1.96. The molecule has 0 saturated carbocycles. The Morgan fingerprint density at radius 3 is 2.33 bits per heavy atom. The summed E-state index contributed by atoms with van der Waals surface area (Å²) >= 11 is 6.04. The summed E-state index contributed by atoms with van der Waals surface area (Å²) in [5.74, 6) is 0. The molecule has 0 amide bonds. The molecule has 0 atom stereocenters. The predicted molar refractivity (Wildman–Crippen MR) is 65.6 cm³/mol. The minimum Gasteiger partial charge on any atom is -0.397 e. The zero-order valence-corrected chi connectivity index (χ0v) is 8.83. The summed E-state index contributed by atoms with van der Waals surface area (Å²) in [4.78, 5) is 0. The Hall–Kier alpha value is -1.67. The van der Waals surface area contributed by atoms with Crippen molar-refractivity contribution >= 4 is 28.7 Å². The third-order valence-corrected chi connectivity index (χ3v) is 2.40. The molecule has 0 unspecified atom stereocenters. The first-order valence-corrected chi connectivity index (χ1v) is 5.01. The highest BCUT2D eigenvalue weighted by Gasteiger charge is 2.03. The summed E-state index contributed by atoms with van der Waals surface area (Å²) < 4.78 is 0. The third-order valence-electron chi connectivity index (χ3n) is 2.09. The maximum absolute atomic E-state index is 6.04. The molecule has 15 heavy (non-hydrogen) atoms. The Labute approximate surface area is 93.7 Å². The first-order chi connectivity index (χ1) is 7.27. The summed E-state index contributed by atoms with van der Waals surface area (Å²) in [5, 5.41) is 3.81. The van der Waals surface area contributed by atoms with Crippen LogP contribution in [0.5, 0.6) is 0 Å². The lowest BCUT2D eigenvalue weighted by Gasteiger charge is -2.10. The summed E-state index contributed by atoms with van der Waals surface area (Å²) in [5.41, 5.74) is 8.19. The van der Waals surface area contributed by atoms with Crippen molar-refractivity contribution in [3.63, 3.8) is 0 Å². The topological polar surface area (TPSA) is 38.0 Å².